The summed E-state index contributed by atoms with van der Waals surface area (Å²) in [6, 6.07) is 14.2. The Hall–Kier alpha value is -2.66. The molecule has 0 radical (unpaired) electrons. The molecule has 0 aliphatic rings. The van der Waals surface area contributed by atoms with Gasteiger partial charge in [0.25, 0.3) is 0 Å². The second kappa shape index (κ2) is 6.84. The van der Waals surface area contributed by atoms with E-state index < -0.39 is 0 Å². The van der Waals surface area contributed by atoms with Crippen molar-refractivity contribution in [1.82, 2.24) is 4.98 Å². The second-order valence-electron chi connectivity index (χ2n) is 5.47. The minimum absolute atomic E-state index is 0.00247. The number of nitrogens with zero attached hydrogens (tertiary/aromatic N) is 3. The number of azo groups is 1. The van der Waals surface area contributed by atoms with Gasteiger partial charge in [-0.15, -0.1) is 10.2 Å². The maximum Gasteiger partial charge on any atom is 0.175 e. The summed E-state index contributed by atoms with van der Waals surface area (Å²) in [4.78, 5) is 4.04. The van der Waals surface area contributed by atoms with Gasteiger partial charge < -0.3 is 9.84 Å². The van der Waals surface area contributed by atoms with Crippen LogP contribution >= 0.6 is 11.6 Å². The molecule has 6 heteroatoms. The summed E-state index contributed by atoms with van der Waals surface area (Å²) in [5.41, 5.74) is 0.311. The highest BCUT2D eigenvalue weighted by molar-refractivity contribution is 6.29. The minimum Gasteiger partial charge on any atom is -0.505 e. The summed E-state index contributed by atoms with van der Waals surface area (Å²) in [6.07, 6.45) is -0.00247. The molecule has 0 aliphatic carbocycles. The Labute approximate surface area is 144 Å². The van der Waals surface area contributed by atoms with Gasteiger partial charge in [-0.2, -0.15) is 0 Å². The summed E-state index contributed by atoms with van der Waals surface area (Å²) in [6.45, 7) is 3.89. The molecule has 1 N–H and O–H groups in total. The van der Waals surface area contributed by atoms with E-state index in [1.165, 1.54) is 0 Å². The van der Waals surface area contributed by atoms with E-state index in [1.54, 1.807) is 24.3 Å². The highest BCUT2D eigenvalue weighted by Crippen LogP contribution is 2.41. The van der Waals surface area contributed by atoms with Gasteiger partial charge in [0, 0.05) is 16.8 Å². The van der Waals surface area contributed by atoms with Crippen LogP contribution in [-0.4, -0.2) is 16.2 Å². The summed E-state index contributed by atoms with van der Waals surface area (Å²) in [7, 11) is 0. The first kappa shape index (κ1) is 16.2. The average Bonchev–Trinajstić information content (AvgIpc) is 2.56. The number of rotatable bonds is 4. The van der Waals surface area contributed by atoms with Crippen LogP contribution in [-0.2, 0) is 0 Å². The summed E-state index contributed by atoms with van der Waals surface area (Å²) in [5, 5.41) is 20.4. The van der Waals surface area contributed by atoms with Gasteiger partial charge in [-0.05, 0) is 26.0 Å². The van der Waals surface area contributed by atoms with Gasteiger partial charge in [0.15, 0.2) is 11.6 Å². The van der Waals surface area contributed by atoms with Crippen molar-refractivity contribution in [2.75, 3.05) is 0 Å². The third-order valence-corrected chi connectivity index (χ3v) is 3.49. The molecule has 24 heavy (non-hydrogen) atoms. The molecule has 0 saturated carbocycles. The number of pyridine rings is 1. The standard InChI is InChI=1S/C18H16ClN3O2/c1-11(2)24-15-10-14(18(23)13-7-4-3-6-12(13)15)21-22-17-9-5-8-16(19)20-17/h3-11,23H,1-2H3. The fourth-order valence-corrected chi connectivity index (χ4v) is 2.46. The smallest absolute Gasteiger partial charge is 0.175 e. The van der Waals surface area contributed by atoms with Crippen molar-refractivity contribution >= 4 is 33.9 Å². The number of aromatic nitrogens is 1. The van der Waals surface area contributed by atoms with Crippen molar-refractivity contribution in [3.05, 3.63) is 53.7 Å². The summed E-state index contributed by atoms with van der Waals surface area (Å²) in [5.74, 6) is 1.06. The Bertz CT molecular complexity index is 910. The number of aromatic hydroxyl groups is 1. The molecule has 0 atom stereocenters. The fourth-order valence-electron chi connectivity index (χ4n) is 2.30. The van der Waals surface area contributed by atoms with E-state index in [2.05, 4.69) is 15.2 Å². The first-order valence-corrected chi connectivity index (χ1v) is 7.88. The van der Waals surface area contributed by atoms with Gasteiger partial charge in [0.05, 0.1) is 6.10 Å². The van der Waals surface area contributed by atoms with E-state index in [9.17, 15) is 5.11 Å². The van der Waals surface area contributed by atoms with E-state index in [0.29, 0.717) is 27.8 Å². The molecule has 0 unspecified atom stereocenters. The van der Waals surface area contributed by atoms with Crippen molar-refractivity contribution < 1.29 is 9.84 Å². The van der Waals surface area contributed by atoms with Crippen LogP contribution in [0.4, 0.5) is 11.5 Å². The molecule has 0 spiro atoms. The van der Waals surface area contributed by atoms with E-state index in [0.717, 1.165) is 5.39 Å². The quantitative estimate of drug-likeness (QED) is 0.482. The van der Waals surface area contributed by atoms with Gasteiger partial charge in [-0.3, -0.25) is 0 Å². The lowest BCUT2D eigenvalue weighted by atomic mass is 10.1. The van der Waals surface area contributed by atoms with Crippen molar-refractivity contribution in [2.45, 2.75) is 20.0 Å². The topological polar surface area (TPSA) is 67.1 Å². The van der Waals surface area contributed by atoms with Crippen molar-refractivity contribution in [3.63, 3.8) is 0 Å². The lowest BCUT2D eigenvalue weighted by molar-refractivity contribution is 0.245. The monoisotopic (exact) mass is 341 g/mol. The number of fused-ring (bicyclic) bond motifs is 1. The fraction of sp³-hybridized carbons (Fsp3) is 0.167. The molecule has 0 bridgehead atoms. The number of benzene rings is 2. The Morgan fingerprint density at radius 1 is 1.04 bits per heavy atom. The SMILES string of the molecule is CC(C)Oc1cc(N=Nc2cccc(Cl)n2)c(O)c2ccccc12. The molecule has 5 nitrogen and oxygen atoms in total. The van der Waals surface area contributed by atoms with Gasteiger partial charge >= 0.3 is 0 Å². The molecule has 1 aromatic heterocycles. The van der Waals surface area contributed by atoms with Gasteiger partial charge in [0.1, 0.15) is 16.6 Å². The van der Waals surface area contributed by atoms with Gasteiger partial charge in [0.2, 0.25) is 0 Å². The van der Waals surface area contributed by atoms with Crippen LogP contribution in [0, 0.1) is 0 Å². The predicted molar refractivity (Wildman–Crippen MR) is 94.8 cm³/mol. The van der Waals surface area contributed by atoms with E-state index in [4.69, 9.17) is 16.3 Å². The summed E-state index contributed by atoms with van der Waals surface area (Å²) >= 11 is 5.84. The average molecular weight is 342 g/mol. The largest absolute Gasteiger partial charge is 0.505 e. The molecule has 0 saturated heterocycles. The molecule has 2 aromatic carbocycles. The number of phenolic OH excluding ortho intramolecular Hbond substituents is 1. The van der Waals surface area contributed by atoms with E-state index in [-0.39, 0.29) is 11.9 Å². The second-order valence-corrected chi connectivity index (χ2v) is 5.86. The Kier molecular flexibility index (Phi) is 4.62. The van der Waals surface area contributed by atoms with Crippen LogP contribution in [0.3, 0.4) is 0 Å². The van der Waals surface area contributed by atoms with Crippen molar-refractivity contribution in [2.24, 2.45) is 10.2 Å². The Morgan fingerprint density at radius 2 is 1.79 bits per heavy atom. The maximum atomic E-state index is 10.5. The number of hydrogen-bond acceptors (Lipinski definition) is 5. The van der Waals surface area contributed by atoms with Crippen molar-refractivity contribution in [1.29, 1.82) is 0 Å². The predicted octanol–water partition coefficient (Wildman–Crippen LogP) is 5.80. The molecule has 1 heterocycles. The number of halogens is 1. The molecule has 0 fully saturated rings. The minimum atomic E-state index is -0.00247. The van der Waals surface area contributed by atoms with Gasteiger partial charge in [-0.1, -0.05) is 41.9 Å². The first-order chi connectivity index (χ1) is 11.5. The highest BCUT2D eigenvalue weighted by atomic mass is 35.5. The lowest BCUT2D eigenvalue weighted by Gasteiger charge is -2.14. The normalized spacial score (nSPS) is 11.5. The van der Waals surface area contributed by atoms with Crippen LogP contribution in [0.2, 0.25) is 5.15 Å². The van der Waals surface area contributed by atoms with Crippen LogP contribution in [0.15, 0.2) is 58.8 Å². The zero-order valence-corrected chi connectivity index (χ0v) is 14.0. The molecule has 122 valence electrons. The third-order valence-electron chi connectivity index (χ3n) is 3.28. The van der Waals surface area contributed by atoms with Gasteiger partial charge in [-0.25, -0.2) is 4.98 Å². The van der Waals surface area contributed by atoms with Crippen LogP contribution in [0.1, 0.15) is 13.8 Å². The van der Waals surface area contributed by atoms with E-state index >= 15 is 0 Å². The Morgan fingerprint density at radius 3 is 2.50 bits per heavy atom. The number of phenols is 1. The van der Waals surface area contributed by atoms with Crippen LogP contribution < -0.4 is 4.74 Å². The third kappa shape index (κ3) is 3.46. The maximum absolute atomic E-state index is 10.5. The Balaban J connectivity index is 2.08. The number of hydrogen-bond donors (Lipinski definition) is 1. The zero-order valence-electron chi connectivity index (χ0n) is 13.3. The molecule has 0 aliphatic heterocycles. The molecular weight excluding hydrogens is 326 g/mol. The zero-order chi connectivity index (χ0) is 17.1. The van der Waals surface area contributed by atoms with E-state index in [1.807, 2.05) is 38.1 Å². The lowest BCUT2D eigenvalue weighted by Crippen LogP contribution is -2.05. The highest BCUT2D eigenvalue weighted by Gasteiger charge is 2.13. The van der Waals surface area contributed by atoms with Crippen molar-refractivity contribution in [3.8, 4) is 11.5 Å². The van der Waals surface area contributed by atoms with Crippen LogP contribution in [0.25, 0.3) is 10.8 Å². The molecule has 0 amide bonds. The summed E-state index contributed by atoms with van der Waals surface area (Å²) < 4.78 is 5.84. The molecule has 3 rings (SSSR count). The first-order valence-electron chi connectivity index (χ1n) is 7.50. The number of ether oxygens (including phenoxy) is 1. The molecule has 3 aromatic rings. The molecular formula is C18H16ClN3O2. The van der Waals surface area contributed by atoms with Crippen LogP contribution in [0.5, 0.6) is 11.5 Å².